The van der Waals surface area contributed by atoms with Crippen LogP contribution in [0.25, 0.3) is 10.2 Å². The number of pyridine rings is 3. The van der Waals surface area contributed by atoms with Crippen LogP contribution in [0.1, 0.15) is 59.8 Å². The predicted molar refractivity (Wildman–Crippen MR) is 384 cm³/mol. The lowest BCUT2D eigenvalue weighted by Crippen LogP contribution is -2.18. The van der Waals surface area contributed by atoms with Gasteiger partial charge in [-0.2, -0.15) is 0 Å². The topological polar surface area (TPSA) is 363 Å². The summed E-state index contributed by atoms with van der Waals surface area (Å²) in [6.45, 7) is 4.31. The maximum atomic E-state index is 13.5. The Morgan fingerprint density at radius 2 is 0.961 bits per heavy atom. The number of ether oxygens (including phenoxy) is 5. The largest absolute Gasteiger partial charge is 0.502 e. The zero-order valence-electron chi connectivity index (χ0n) is 54.9. The number of nitrogens with one attached hydrogen (secondary N) is 1. The van der Waals surface area contributed by atoms with Crippen LogP contribution in [0.4, 0.5) is 24.7 Å². The van der Waals surface area contributed by atoms with Crippen molar-refractivity contribution in [2.24, 2.45) is 0 Å². The minimum Gasteiger partial charge on any atom is -0.502 e. The van der Waals surface area contributed by atoms with Gasteiger partial charge in [0.15, 0.2) is 23.0 Å². The number of aryl methyl sites for hydroxylation is 2. The Morgan fingerprint density at radius 1 is 0.534 bits per heavy atom. The van der Waals surface area contributed by atoms with Crippen molar-refractivity contribution in [3.05, 3.63) is 288 Å². The molecule has 0 saturated carbocycles. The van der Waals surface area contributed by atoms with Crippen LogP contribution in [0.15, 0.2) is 183 Å². The van der Waals surface area contributed by atoms with Crippen LogP contribution in [0.5, 0.6) is 34.5 Å². The molecular weight excluding hydrogens is 1560 g/mol. The Hall–Kier alpha value is -10.7. The zero-order chi connectivity index (χ0) is 75.9. The molecule has 0 aliphatic rings. The van der Waals surface area contributed by atoms with Crippen molar-refractivity contribution >= 4 is 102 Å². The van der Waals surface area contributed by atoms with Crippen molar-refractivity contribution in [1.29, 1.82) is 0 Å². The number of carboxylic acid groups (broad SMARTS) is 2. The molecule has 0 radical (unpaired) electrons. The standard InChI is InChI=1S/C22H19ClFN3O2S.C14H11ClFNO4.C13H10ClFINO2.C7H6O5.C7H8O4.C6H6O4/c1-12-6-18-21(30-13(2)25-18)8-17(12)26-22-9-19(28)20(29-3)11-27(22)10-14-4-5-16(24)15(23)7-14;1-21-13-7-17(11(14(19)20)5-12(13)18)6-8-2-3-10(16)9(15)4-8;1-19-12-7-17(13(16)5-11(12)18)6-8-2-3-10(15)9(14)4-8;1-11-6-3-12-5(7(9)10)2-4(6)8;1-10-7-4-11-5(3-8)2-6(7)9;7-2-4-1-5(8)6(9)3-10-4/h4-9,11,26H,10H2,1-3H3;2-5,7H,6H2,1H3,(H,19,20);2-5,7H,6H2,1H3;2-3H,1H3,(H,9,10);2,4,8H,3H2,1H3;1,3,7,9H,2H2. The van der Waals surface area contributed by atoms with E-state index in [0.29, 0.717) is 24.5 Å². The monoisotopic (exact) mass is 1620 g/mol. The fraction of sp³-hybridized carbons (Fsp3) is 0.174. The molecule has 7 heterocycles. The summed E-state index contributed by atoms with van der Waals surface area (Å²) in [6.07, 6.45) is 7.59. The fourth-order valence-electron chi connectivity index (χ4n) is 8.60. The molecule has 0 atom stereocenters. The molecule has 11 aromatic rings. The molecule has 542 valence electrons. The highest BCUT2D eigenvalue weighted by molar-refractivity contribution is 14.1. The van der Waals surface area contributed by atoms with Gasteiger partial charge in [-0.05, 0) is 107 Å². The third-order valence-corrected chi connectivity index (χ3v) is 16.4. The highest BCUT2D eigenvalue weighted by Crippen LogP contribution is 2.31. The Labute approximate surface area is 612 Å². The Kier molecular flexibility index (Phi) is 30.3. The van der Waals surface area contributed by atoms with Crippen molar-refractivity contribution in [2.45, 2.75) is 46.7 Å². The van der Waals surface area contributed by atoms with Crippen LogP contribution in [-0.4, -0.2) is 91.7 Å². The third-order valence-electron chi connectivity index (χ3n) is 13.7. The summed E-state index contributed by atoms with van der Waals surface area (Å²) in [5.41, 5.74) is 2.59. The van der Waals surface area contributed by atoms with Crippen molar-refractivity contribution in [3.63, 3.8) is 0 Å². The van der Waals surface area contributed by atoms with E-state index < -0.39 is 57.2 Å². The third kappa shape index (κ3) is 23.2. The number of thiazole rings is 1. The maximum Gasteiger partial charge on any atom is 0.371 e. The molecule has 103 heavy (non-hydrogen) atoms. The second-order valence-corrected chi connectivity index (χ2v) is 24.4. The van der Waals surface area contributed by atoms with Crippen molar-refractivity contribution in [3.8, 4) is 34.5 Å². The van der Waals surface area contributed by atoms with E-state index in [0.717, 1.165) is 72.0 Å². The number of carboxylic acids is 2. The first-order valence-electron chi connectivity index (χ1n) is 29.2. The number of aliphatic hydroxyl groups excluding tert-OH is 2. The number of fused-ring (bicyclic) bond motifs is 1. The van der Waals surface area contributed by atoms with Gasteiger partial charge in [0, 0.05) is 61.7 Å². The number of methoxy groups -OCH3 is 5. The average Bonchev–Trinajstić information content (AvgIpc) is 1.63. The lowest BCUT2D eigenvalue weighted by atomic mass is 10.2. The van der Waals surface area contributed by atoms with E-state index in [1.807, 2.05) is 35.1 Å². The van der Waals surface area contributed by atoms with Crippen molar-refractivity contribution < 1.29 is 85.2 Å². The second-order valence-electron chi connectivity index (χ2n) is 20.8. The molecule has 26 nitrogen and oxygen atoms in total. The van der Waals surface area contributed by atoms with Gasteiger partial charge in [-0.1, -0.05) is 53.0 Å². The molecule has 7 aromatic heterocycles. The number of aliphatic hydroxyl groups is 2. The lowest BCUT2D eigenvalue weighted by molar-refractivity contribution is 0.0655. The highest BCUT2D eigenvalue weighted by atomic mass is 127. The smallest absolute Gasteiger partial charge is 0.371 e. The molecule has 0 fully saturated rings. The summed E-state index contributed by atoms with van der Waals surface area (Å²) in [6, 6.07) is 24.3. The van der Waals surface area contributed by atoms with Gasteiger partial charge in [0.2, 0.25) is 49.8 Å². The molecule has 0 aliphatic carbocycles. The number of aromatic nitrogens is 4. The maximum absolute atomic E-state index is 13.5. The number of nitrogens with zero attached hydrogens (tertiary/aromatic N) is 4. The van der Waals surface area contributed by atoms with Gasteiger partial charge in [0.1, 0.15) is 72.5 Å². The number of anilines is 2. The molecule has 0 amide bonds. The minimum atomic E-state index is -1.28. The number of aromatic hydroxyl groups is 1. The molecule has 0 saturated heterocycles. The molecule has 0 bridgehead atoms. The second kappa shape index (κ2) is 38.4. The highest BCUT2D eigenvalue weighted by Gasteiger charge is 2.17. The number of benzene rings is 4. The van der Waals surface area contributed by atoms with Crippen LogP contribution in [-0.2, 0) is 32.8 Å². The van der Waals surface area contributed by atoms with Crippen molar-refractivity contribution in [2.75, 3.05) is 40.9 Å². The van der Waals surface area contributed by atoms with Crippen LogP contribution >= 0.6 is 68.7 Å². The van der Waals surface area contributed by atoms with Gasteiger partial charge in [-0.25, -0.2) is 27.7 Å². The summed E-state index contributed by atoms with van der Waals surface area (Å²) in [5, 5.41) is 47.6. The van der Waals surface area contributed by atoms with Gasteiger partial charge in [0.25, 0.3) is 0 Å². The molecule has 0 aliphatic heterocycles. The van der Waals surface area contributed by atoms with Gasteiger partial charge in [-0.3, -0.25) is 28.8 Å². The summed E-state index contributed by atoms with van der Waals surface area (Å²) >= 11 is 21.0. The van der Waals surface area contributed by atoms with Crippen LogP contribution in [0.3, 0.4) is 0 Å². The molecular formula is C69H60Cl3F3IN5O21S. The molecule has 6 N–H and O–H groups in total. The number of carbonyl (C=O) groups is 2. The first-order chi connectivity index (χ1) is 48.9. The Bertz CT molecular complexity index is 5240. The summed E-state index contributed by atoms with van der Waals surface area (Å²) < 4.78 is 84.9. The average molecular weight is 1620 g/mol. The van der Waals surface area contributed by atoms with Crippen LogP contribution < -0.4 is 61.6 Å². The van der Waals surface area contributed by atoms with E-state index in [1.54, 1.807) is 48.0 Å². The fourth-order valence-corrected chi connectivity index (χ4v) is 10.6. The van der Waals surface area contributed by atoms with Crippen LogP contribution in [0, 0.1) is 35.0 Å². The van der Waals surface area contributed by atoms with Crippen molar-refractivity contribution in [1.82, 2.24) is 18.7 Å². The molecule has 0 unspecified atom stereocenters. The van der Waals surface area contributed by atoms with E-state index in [-0.39, 0.29) is 97.1 Å². The van der Waals surface area contributed by atoms with Gasteiger partial charge in [-0.15, -0.1) is 11.3 Å². The first kappa shape index (κ1) is 81.3. The van der Waals surface area contributed by atoms with E-state index in [9.17, 15) is 51.5 Å². The van der Waals surface area contributed by atoms with Gasteiger partial charge >= 0.3 is 11.9 Å². The molecule has 0 spiro atoms. The number of halogens is 7. The van der Waals surface area contributed by atoms with Gasteiger partial charge < -0.3 is 81.5 Å². The normalized spacial score (nSPS) is 10.4. The minimum absolute atomic E-state index is 0.0139. The number of hydrogen-bond donors (Lipinski definition) is 6. The van der Waals surface area contributed by atoms with E-state index in [2.05, 4.69) is 51.2 Å². The number of aromatic carboxylic acids is 2. The Morgan fingerprint density at radius 3 is 1.42 bits per heavy atom. The molecule has 4 aromatic carbocycles. The first-order valence-corrected chi connectivity index (χ1v) is 32.3. The summed E-state index contributed by atoms with van der Waals surface area (Å²) in [7, 11) is 6.89. The Balaban J connectivity index is 0.000000203. The number of rotatable bonds is 17. The summed E-state index contributed by atoms with van der Waals surface area (Å²) in [4.78, 5) is 94.0. The lowest BCUT2D eigenvalue weighted by Gasteiger charge is -2.18. The summed E-state index contributed by atoms with van der Waals surface area (Å²) in [5.74, 6) is -3.25. The number of hydrogen-bond acceptors (Lipinski definition) is 22. The van der Waals surface area contributed by atoms with Crippen LogP contribution in [0.2, 0.25) is 15.1 Å². The predicted octanol–water partition coefficient (Wildman–Crippen LogP) is 11.7. The molecule has 11 rings (SSSR count). The van der Waals surface area contributed by atoms with E-state index in [1.165, 1.54) is 101 Å². The molecule has 34 heteroatoms. The SMILES string of the molecule is COc1cn(Cc2ccc(F)c(Cl)c2)c(C(=O)O)cc1=O.COc1cn(Cc2ccc(F)c(Cl)c2)c(I)cc1=O.COc1cn(Cc2ccc(F)c(Cl)c2)c(Nc2cc3sc(C)nc3cc2C)cc1=O.COc1coc(C(=O)O)cc1=O.COc1coc(CO)cc1=O.O=c1cc(CO)occ1O. The zero-order valence-corrected chi connectivity index (χ0v) is 60.2. The van der Waals surface area contributed by atoms with E-state index >= 15 is 0 Å². The van der Waals surface area contributed by atoms with E-state index in [4.69, 9.17) is 79.0 Å². The van der Waals surface area contributed by atoms with Gasteiger partial charge in [0.05, 0.1) is 88.1 Å². The quantitative estimate of drug-likeness (QED) is 0.0364.